The average molecular weight is 290 g/mol. The highest BCUT2D eigenvalue weighted by molar-refractivity contribution is 5.95. The molecule has 1 aromatic carbocycles. The molecular formula is C17H26N2O2. The smallest absolute Gasteiger partial charge is 0.253 e. The predicted molar refractivity (Wildman–Crippen MR) is 85.6 cm³/mol. The molecule has 21 heavy (non-hydrogen) atoms. The van der Waals surface area contributed by atoms with Crippen molar-refractivity contribution in [3.05, 3.63) is 23.8 Å². The first kappa shape index (κ1) is 15.7. The zero-order valence-electron chi connectivity index (χ0n) is 13.3. The lowest BCUT2D eigenvalue weighted by Gasteiger charge is -2.39. The topological polar surface area (TPSA) is 55.6 Å². The molecule has 1 aromatic rings. The molecule has 1 amide bonds. The first-order valence-corrected chi connectivity index (χ1v) is 7.80. The quantitative estimate of drug-likeness (QED) is 0.865. The van der Waals surface area contributed by atoms with Crippen molar-refractivity contribution in [2.24, 2.45) is 5.41 Å². The van der Waals surface area contributed by atoms with Gasteiger partial charge in [-0.2, -0.15) is 0 Å². The van der Waals surface area contributed by atoms with Crippen LogP contribution in [0.2, 0.25) is 0 Å². The van der Waals surface area contributed by atoms with Crippen molar-refractivity contribution >= 4 is 11.6 Å². The summed E-state index contributed by atoms with van der Waals surface area (Å²) in [5.41, 5.74) is 7.50. The molecule has 1 aliphatic heterocycles. The van der Waals surface area contributed by atoms with Crippen molar-refractivity contribution in [2.45, 2.75) is 40.0 Å². The molecule has 0 radical (unpaired) electrons. The van der Waals surface area contributed by atoms with Gasteiger partial charge in [-0.25, -0.2) is 0 Å². The molecule has 2 N–H and O–H groups in total. The Balaban J connectivity index is 2.06. The molecule has 4 heteroatoms. The fourth-order valence-electron chi connectivity index (χ4n) is 2.75. The normalized spacial score (nSPS) is 17.6. The number of ether oxygens (including phenoxy) is 1. The number of benzene rings is 1. The van der Waals surface area contributed by atoms with E-state index in [1.807, 2.05) is 11.8 Å². The Morgan fingerprint density at radius 1 is 1.33 bits per heavy atom. The van der Waals surface area contributed by atoms with Gasteiger partial charge in [-0.15, -0.1) is 0 Å². The number of nitrogen functional groups attached to an aromatic ring is 1. The molecule has 4 nitrogen and oxygen atoms in total. The Bertz CT molecular complexity index is 506. The van der Waals surface area contributed by atoms with Crippen LogP contribution in [0.15, 0.2) is 18.2 Å². The molecule has 1 heterocycles. The molecule has 1 saturated heterocycles. The van der Waals surface area contributed by atoms with Gasteiger partial charge < -0.3 is 15.4 Å². The van der Waals surface area contributed by atoms with Crippen molar-refractivity contribution < 1.29 is 9.53 Å². The molecule has 116 valence electrons. The van der Waals surface area contributed by atoms with Crippen molar-refractivity contribution in [1.29, 1.82) is 0 Å². The summed E-state index contributed by atoms with van der Waals surface area (Å²) in [6, 6.07) is 5.31. The molecule has 0 unspecified atom stereocenters. The van der Waals surface area contributed by atoms with Gasteiger partial charge in [-0.3, -0.25) is 4.79 Å². The summed E-state index contributed by atoms with van der Waals surface area (Å²) in [6.45, 7) is 8.68. The van der Waals surface area contributed by atoms with E-state index in [9.17, 15) is 4.79 Å². The van der Waals surface area contributed by atoms with E-state index in [-0.39, 0.29) is 5.91 Å². The van der Waals surface area contributed by atoms with Crippen LogP contribution in [0.4, 0.5) is 5.69 Å². The van der Waals surface area contributed by atoms with E-state index in [1.54, 1.807) is 18.2 Å². The molecule has 0 aliphatic carbocycles. The van der Waals surface area contributed by atoms with Crippen LogP contribution in [0.3, 0.4) is 0 Å². The second-order valence-electron chi connectivity index (χ2n) is 6.14. The third-order valence-corrected chi connectivity index (χ3v) is 4.67. The molecule has 0 bridgehead atoms. The number of nitrogens with two attached hydrogens (primary N) is 1. The first-order chi connectivity index (χ1) is 9.99. The number of piperidine rings is 1. The Labute approximate surface area is 127 Å². The standard InChI is InChI=1S/C17H26N2O2/c1-4-17(3)8-10-19(11-9-17)16(20)13-6-7-15(21-5-2)14(18)12-13/h6-7,12H,4-5,8-11,18H2,1-3H3. The van der Waals surface area contributed by atoms with E-state index in [2.05, 4.69) is 13.8 Å². The fourth-order valence-corrected chi connectivity index (χ4v) is 2.75. The van der Waals surface area contributed by atoms with Gasteiger partial charge in [-0.05, 0) is 43.4 Å². The Morgan fingerprint density at radius 3 is 2.52 bits per heavy atom. The average Bonchev–Trinajstić information content (AvgIpc) is 2.49. The van der Waals surface area contributed by atoms with Crippen molar-refractivity contribution in [3.8, 4) is 5.75 Å². The number of likely N-dealkylation sites (tertiary alicyclic amines) is 1. The van der Waals surface area contributed by atoms with Crippen molar-refractivity contribution in [1.82, 2.24) is 4.90 Å². The Morgan fingerprint density at radius 2 is 2.00 bits per heavy atom. The third kappa shape index (κ3) is 3.49. The van der Waals surface area contributed by atoms with Crippen LogP contribution in [-0.2, 0) is 0 Å². The lowest BCUT2D eigenvalue weighted by Crippen LogP contribution is -2.41. The van der Waals surface area contributed by atoms with Gasteiger partial charge in [0.25, 0.3) is 5.91 Å². The maximum absolute atomic E-state index is 12.6. The predicted octanol–water partition coefficient (Wildman–Crippen LogP) is 3.32. The number of amides is 1. The lowest BCUT2D eigenvalue weighted by atomic mass is 9.78. The second kappa shape index (κ2) is 6.37. The first-order valence-electron chi connectivity index (χ1n) is 7.80. The van der Waals surface area contributed by atoms with Gasteiger partial charge in [0.2, 0.25) is 0 Å². The summed E-state index contributed by atoms with van der Waals surface area (Å²) in [5, 5.41) is 0. The minimum Gasteiger partial charge on any atom is -0.492 e. The van der Waals surface area contributed by atoms with E-state index < -0.39 is 0 Å². The van der Waals surface area contributed by atoms with Crippen LogP contribution >= 0.6 is 0 Å². The number of nitrogens with zero attached hydrogens (tertiary/aromatic N) is 1. The highest BCUT2D eigenvalue weighted by Crippen LogP contribution is 2.34. The fraction of sp³-hybridized carbons (Fsp3) is 0.588. The van der Waals surface area contributed by atoms with Gasteiger partial charge >= 0.3 is 0 Å². The minimum absolute atomic E-state index is 0.0721. The molecule has 0 saturated carbocycles. The summed E-state index contributed by atoms with van der Waals surface area (Å²) in [6.07, 6.45) is 3.31. The van der Waals surface area contributed by atoms with Gasteiger partial charge in [0.15, 0.2) is 0 Å². The minimum atomic E-state index is 0.0721. The number of rotatable bonds is 4. The van der Waals surface area contributed by atoms with Crippen LogP contribution in [0.25, 0.3) is 0 Å². The third-order valence-electron chi connectivity index (χ3n) is 4.67. The monoisotopic (exact) mass is 290 g/mol. The van der Waals surface area contributed by atoms with E-state index in [4.69, 9.17) is 10.5 Å². The molecule has 0 aromatic heterocycles. The Kier molecular flexibility index (Phi) is 4.76. The number of hydrogen-bond acceptors (Lipinski definition) is 3. The molecule has 1 aliphatic rings. The number of hydrogen-bond donors (Lipinski definition) is 1. The molecule has 1 fully saturated rings. The molecule has 0 spiro atoms. The van der Waals surface area contributed by atoms with E-state index in [1.165, 1.54) is 6.42 Å². The summed E-state index contributed by atoms with van der Waals surface area (Å²) in [4.78, 5) is 14.5. The largest absolute Gasteiger partial charge is 0.492 e. The number of carbonyl (C=O) groups excluding carboxylic acids is 1. The maximum Gasteiger partial charge on any atom is 0.253 e. The molecular weight excluding hydrogens is 264 g/mol. The summed E-state index contributed by atoms with van der Waals surface area (Å²) < 4.78 is 5.41. The number of anilines is 1. The zero-order chi connectivity index (χ0) is 15.5. The second-order valence-corrected chi connectivity index (χ2v) is 6.14. The van der Waals surface area contributed by atoms with Crippen LogP contribution in [0.1, 0.15) is 50.4 Å². The maximum atomic E-state index is 12.6. The van der Waals surface area contributed by atoms with E-state index >= 15 is 0 Å². The van der Waals surface area contributed by atoms with Gasteiger partial charge in [-0.1, -0.05) is 20.3 Å². The highest BCUT2D eigenvalue weighted by atomic mass is 16.5. The van der Waals surface area contributed by atoms with Crippen molar-refractivity contribution in [2.75, 3.05) is 25.4 Å². The lowest BCUT2D eigenvalue weighted by molar-refractivity contribution is 0.0600. The molecule has 0 atom stereocenters. The highest BCUT2D eigenvalue weighted by Gasteiger charge is 2.30. The van der Waals surface area contributed by atoms with Gasteiger partial charge in [0.05, 0.1) is 12.3 Å². The summed E-state index contributed by atoms with van der Waals surface area (Å²) in [7, 11) is 0. The van der Waals surface area contributed by atoms with Crippen molar-refractivity contribution in [3.63, 3.8) is 0 Å². The van der Waals surface area contributed by atoms with Crippen LogP contribution < -0.4 is 10.5 Å². The van der Waals surface area contributed by atoms with E-state index in [0.717, 1.165) is 25.9 Å². The van der Waals surface area contributed by atoms with Crippen LogP contribution in [0.5, 0.6) is 5.75 Å². The summed E-state index contributed by atoms with van der Waals surface area (Å²) in [5.74, 6) is 0.717. The SMILES string of the molecule is CCOc1ccc(C(=O)N2CCC(C)(CC)CC2)cc1N. The van der Waals surface area contributed by atoms with E-state index in [0.29, 0.717) is 29.0 Å². The van der Waals surface area contributed by atoms with Gasteiger partial charge in [0, 0.05) is 18.7 Å². The molecule has 2 rings (SSSR count). The number of carbonyl (C=O) groups is 1. The van der Waals surface area contributed by atoms with Crippen LogP contribution in [-0.4, -0.2) is 30.5 Å². The summed E-state index contributed by atoms with van der Waals surface area (Å²) >= 11 is 0. The Hall–Kier alpha value is -1.71. The zero-order valence-corrected chi connectivity index (χ0v) is 13.3. The van der Waals surface area contributed by atoms with Gasteiger partial charge in [0.1, 0.15) is 5.75 Å². The van der Waals surface area contributed by atoms with Crippen LogP contribution in [0, 0.1) is 5.41 Å².